The second-order valence-electron chi connectivity index (χ2n) is 5.98. The van der Waals surface area contributed by atoms with Crippen LogP contribution in [0.4, 0.5) is 8.78 Å². The molecule has 0 aliphatic rings. The first kappa shape index (κ1) is 17.1. The van der Waals surface area contributed by atoms with Crippen molar-refractivity contribution in [3.8, 4) is 11.3 Å². The smallest absolute Gasteiger partial charge is 0.309 e. The molecule has 0 saturated heterocycles. The third-order valence-corrected chi connectivity index (χ3v) is 3.68. The Morgan fingerprint density at radius 2 is 1.87 bits per heavy atom. The van der Waals surface area contributed by atoms with E-state index in [0.29, 0.717) is 25.3 Å². The molecule has 0 amide bonds. The van der Waals surface area contributed by atoms with Gasteiger partial charge in [-0.15, -0.1) is 0 Å². The van der Waals surface area contributed by atoms with E-state index >= 15 is 0 Å². The fraction of sp³-hybridized carbons (Fsp3) is 0.353. The van der Waals surface area contributed by atoms with Crippen LogP contribution in [-0.2, 0) is 11.3 Å². The van der Waals surface area contributed by atoms with Gasteiger partial charge in [0.1, 0.15) is 23.2 Å². The summed E-state index contributed by atoms with van der Waals surface area (Å²) in [4.78, 5) is 11.0. The van der Waals surface area contributed by atoms with Crippen molar-refractivity contribution < 1.29 is 23.1 Å². The quantitative estimate of drug-likeness (QED) is 0.761. The molecule has 6 heteroatoms. The number of halogens is 2. The summed E-state index contributed by atoms with van der Waals surface area (Å²) < 4.78 is 32.8. The van der Waals surface area contributed by atoms with Gasteiger partial charge in [0.25, 0.3) is 0 Å². The van der Waals surface area contributed by atoms with Gasteiger partial charge in [0.05, 0.1) is 17.5 Å². The van der Waals surface area contributed by atoms with E-state index in [1.165, 1.54) is 24.3 Å². The van der Waals surface area contributed by atoms with Crippen LogP contribution in [0.3, 0.4) is 0 Å². The summed E-state index contributed by atoms with van der Waals surface area (Å²) in [7, 11) is 0. The number of carbonyl (C=O) groups is 1. The molecule has 23 heavy (non-hydrogen) atoms. The lowest BCUT2D eigenvalue weighted by molar-refractivity contribution is -0.147. The van der Waals surface area contributed by atoms with E-state index in [1.54, 1.807) is 19.9 Å². The number of carboxylic acid groups (broad SMARTS) is 1. The molecule has 0 bridgehead atoms. The Morgan fingerprint density at radius 1 is 1.22 bits per heavy atom. The van der Waals surface area contributed by atoms with E-state index < -0.39 is 23.0 Å². The van der Waals surface area contributed by atoms with Gasteiger partial charge < -0.3 is 14.8 Å². The van der Waals surface area contributed by atoms with E-state index in [4.69, 9.17) is 9.52 Å². The van der Waals surface area contributed by atoms with Crippen LogP contribution in [0.25, 0.3) is 11.3 Å². The molecular formula is C17H19F2NO3. The minimum Gasteiger partial charge on any atom is -0.481 e. The van der Waals surface area contributed by atoms with Crippen LogP contribution in [0.2, 0.25) is 0 Å². The van der Waals surface area contributed by atoms with E-state index in [-0.39, 0.29) is 11.3 Å². The number of rotatable bonds is 7. The highest BCUT2D eigenvalue weighted by atomic mass is 19.1. The number of hydrogen-bond acceptors (Lipinski definition) is 3. The first-order valence-corrected chi connectivity index (χ1v) is 7.28. The van der Waals surface area contributed by atoms with Crippen molar-refractivity contribution in [1.29, 1.82) is 0 Å². The molecule has 0 aliphatic carbocycles. The number of nitrogens with one attached hydrogen (secondary N) is 1. The normalized spacial score (nSPS) is 11.7. The van der Waals surface area contributed by atoms with Crippen molar-refractivity contribution in [3.63, 3.8) is 0 Å². The predicted octanol–water partition coefficient (Wildman–Crippen LogP) is 3.82. The van der Waals surface area contributed by atoms with Crippen molar-refractivity contribution in [1.82, 2.24) is 5.32 Å². The van der Waals surface area contributed by atoms with Crippen LogP contribution >= 0.6 is 0 Å². The third kappa shape index (κ3) is 4.16. The summed E-state index contributed by atoms with van der Waals surface area (Å²) in [5.74, 6) is -1.56. The number of carboxylic acids is 1. The molecule has 2 rings (SSSR count). The monoisotopic (exact) mass is 323 g/mol. The lowest BCUT2D eigenvalue weighted by Crippen LogP contribution is -2.28. The summed E-state index contributed by atoms with van der Waals surface area (Å²) in [5.41, 5.74) is -0.997. The molecule has 0 radical (unpaired) electrons. The van der Waals surface area contributed by atoms with Crippen molar-refractivity contribution in [3.05, 3.63) is 47.7 Å². The lowest BCUT2D eigenvalue weighted by Gasteiger charge is -2.18. The highest BCUT2D eigenvalue weighted by Gasteiger charge is 2.26. The van der Waals surface area contributed by atoms with Crippen LogP contribution in [0.5, 0.6) is 0 Å². The molecule has 1 aromatic carbocycles. The second kappa shape index (κ2) is 6.91. The molecule has 0 aliphatic heterocycles. The van der Waals surface area contributed by atoms with Gasteiger partial charge in [-0.25, -0.2) is 8.78 Å². The Bertz CT molecular complexity index is 675. The van der Waals surface area contributed by atoms with Crippen LogP contribution in [-0.4, -0.2) is 17.6 Å². The molecule has 1 aromatic heterocycles. The van der Waals surface area contributed by atoms with Crippen molar-refractivity contribution in [2.75, 3.05) is 6.54 Å². The predicted molar refractivity (Wildman–Crippen MR) is 81.8 cm³/mol. The van der Waals surface area contributed by atoms with E-state index in [2.05, 4.69) is 5.32 Å². The molecule has 2 N–H and O–H groups in total. The minimum atomic E-state index is -0.852. The lowest BCUT2D eigenvalue weighted by atomic mass is 9.90. The molecule has 0 fully saturated rings. The highest BCUT2D eigenvalue weighted by Crippen LogP contribution is 2.27. The molecule has 0 spiro atoms. The number of aliphatic carboxylic acids is 1. The van der Waals surface area contributed by atoms with Gasteiger partial charge in [-0.2, -0.15) is 0 Å². The SMILES string of the molecule is CC(C)(CCNCc1ccc(-c2c(F)cccc2F)o1)C(=O)O. The van der Waals surface area contributed by atoms with Gasteiger partial charge >= 0.3 is 5.97 Å². The summed E-state index contributed by atoms with van der Waals surface area (Å²) in [6, 6.07) is 6.79. The summed E-state index contributed by atoms with van der Waals surface area (Å²) >= 11 is 0. The summed E-state index contributed by atoms with van der Waals surface area (Å²) in [6.07, 6.45) is 0.456. The largest absolute Gasteiger partial charge is 0.481 e. The summed E-state index contributed by atoms with van der Waals surface area (Å²) in [5, 5.41) is 12.1. The average molecular weight is 323 g/mol. The van der Waals surface area contributed by atoms with Crippen LogP contribution in [0.15, 0.2) is 34.7 Å². The zero-order valence-corrected chi connectivity index (χ0v) is 13.0. The van der Waals surface area contributed by atoms with E-state index in [0.717, 1.165) is 0 Å². The average Bonchev–Trinajstić information content (AvgIpc) is 2.92. The molecule has 0 unspecified atom stereocenters. The second-order valence-corrected chi connectivity index (χ2v) is 5.98. The third-order valence-electron chi connectivity index (χ3n) is 3.68. The van der Waals surface area contributed by atoms with Crippen molar-refractivity contribution in [2.45, 2.75) is 26.8 Å². The fourth-order valence-corrected chi connectivity index (χ4v) is 2.06. The number of hydrogen-bond donors (Lipinski definition) is 2. The Morgan fingerprint density at radius 3 is 2.48 bits per heavy atom. The molecular weight excluding hydrogens is 304 g/mol. The highest BCUT2D eigenvalue weighted by molar-refractivity contribution is 5.73. The number of benzene rings is 1. The van der Waals surface area contributed by atoms with Gasteiger partial charge in [0.2, 0.25) is 0 Å². The zero-order valence-electron chi connectivity index (χ0n) is 13.0. The van der Waals surface area contributed by atoms with Gasteiger partial charge in [-0.05, 0) is 51.1 Å². The molecule has 1 heterocycles. The first-order chi connectivity index (χ1) is 10.8. The fourth-order valence-electron chi connectivity index (χ4n) is 2.06. The van der Waals surface area contributed by atoms with Gasteiger partial charge in [-0.3, -0.25) is 4.79 Å². The Kier molecular flexibility index (Phi) is 5.15. The number of furan rings is 1. The van der Waals surface area contributed by atoms with Crippen LogP contribution in [0.1, 0.15) is 26.0 Å². The molecule has 4 nitrogen and oxygen atoms in total. The molecule has 0 atom stereocenters. The van der Waals surface area contributed by atoms with Crippen molar-refractivity contribution >= 4 is 5.97 Å². The van der Waals surface area contributed by atoms with Crippen LogP contribution in [0, 0.1) is 17.0 Å². The maximum Gasteiger partial charge on any atom is 0.309 e. The van der Waals surface area contributed by atoms with Crippen molar-refractivity contribution in [2.24, 2.45) is 5.41 Å². The van der Waals surface area contributed by atoms with Gasteiger partial charge in [0.15, 0.2) is 0 Å². The maximum atomic E-state index is 13.7. The Labute approximate surface area is 133 Å². The van der Waals surface area contributed by atoms with Gasteiger partial charge in [-0.1, -0.05) is 6.07 Å². The Hall–Kier alpha value is -2.21. The van der Waals surface area contributed by atoms with E-state index in [1.807, 2.05) is 0 Å². The molecule has 124 valence electrons. The zero-order chi connectivity index (χ0) is 17.0. The molecule has 0 saturated carbocycles. The first-order valence-electron chi connectivity index (χ1n) is 7.28. The van der Waals surface area contributed by atoms with Crippen LogP contribution < -0.4 is 5.32 Å². The van der Waals surface area contributed by atoms with Gasteiger partial charge in [0, 0.05) is 0 Å². The molecule has 2 aromatic rings. The standard InChI is InChI=1S/C17H19F2NO3/c1-17(2,16(21)22)8-9-20-10-11-6-7-14(23-11)15-12(18)4-3-5-13(15)19/h3-7,20H,8-10H2,1-2H3,(H,21,22). The topological polar surface area (TPSA) is 62.5 Å². The maximum absolute atomic E-state index is 13.7. The van der Waals surface area contributed by atoms with E-state index in [9.17, 15) is 13.6 Å². The Balaban J connectivity index is 1.95. The summed E-state index contributed by atoms with van der Waals surface area (Å²) in [6.45, 7) is 4.15. The minimum absolute atomic E-state index is 0.128.